The van der Waals surface area contributed by atoms with Crippen LogP contribution in [0.5, 0.6) is 5.75 Å². The lowest BCUT2D eigenvalue weighted by molar-refractivity contribution is 0.0600. The second-order valence-corrected chi connectivity index (χ2v) is 4.71. The first-order valence-corrected chi connectivity index (χ1v) is 6.60. The van der Waals surface area contributed by atoms with Crippen molar-refractivity contribution in [3.05, 3.63) is 29.3 Å². The van der Waals surface area contributed by atoms with Gasteiger partial charge >= 0.3 is 5.97 Å². The van der Waals surface area contributed by atoms with E-state index >= 15 is 0 Å². The highest BCUT2D eigenvalue weighted by Crippen LogP contribution is 2.44. The van der Waals surface area contributed by atoms with Crippen LogP contribution in [0.4, 0.5) is 0 Å². The molecule has 0 atom stereocenters. The Morgan fingerprint density at radius 2 is 2.05 bits per heavy atom. The third-order valence-corrected chi connectivity index (χ3v) is 3.20. The Bertz CT molecular complexity index is 438. The maximum Gasteiger partial charge on any atom is 0.337 e. The molecule has 0 heterocycles. The van der Waals surface area contributed by atoms with E-state index in [1.165, 1.54) is 25.5 Å². The molecule has 0 unspecified atom stereocenters. The molecule has 1 fully saturated rings. The number of carbonyl (C=O) groups is 1. The second-order valence-electron chi connectivity index (χ2n) is 4.71. The fraction of sp³-hybridized carbons (Fsp3) is 0.533. The van der Waals surface area contributed by atoms with Crippen LogP contribution in [-0.2, 0) is 9.47 Å². The van der Waals surface area contributed by atoms with Gasteiger partial charge in [0.2, 0.25) is 0 Å². The summed E-state index contributed by atoms with van der Waals surface area (Å²) in [4.78, 5) is 11.5. The Morgan fingerprint density at radius 3 is 2.68 bits per heavy atom. The minimum absolute atomic E-state index is 0.330. The van der Waals surface area contributed by atoms with Gasteiger partial charge in [-0.3, -0.25) is 0 Å². The number of rotatable bonds is 7. The van der Waals surface area contributed by atoms with Crippen LogP contribution in [0.3, 0.4) is 0 Å². The van der Waals surface area contributed by atoms with Gasteiger partial charge in [0, 0.05) is 20.1 Å². The van der Waals surface area contributed by atoms with E-state index in [9.17, 15) is 4.79 Å². The monoisotopic (exact) mass is 264 g/mol. The zero-order valence-corrected chi connectivity index (χ0v) is 11.5. The summed E-state index contributed by atoms with van der Waals surface area (Å²) in [5.74, 6) is 1.06. The Hall–Kier alpha value is -1.55. The van der Waals surface area contributed by atoms with Crippen molar-refractivity contribution in [3.8, 4) is 5.75 Å². The fourth-order valence-corrected chi connectivity index (χ4v) is 2.02. The van der Waals surface area contributed by atoms with Crippen LogP contribution in [0.15, 0.2) is 18.2 Å². The zero-order chi connectivity index (χ0) is 13.7. The normalized spacial score (nSPS) is 14.2. The predicted molar refractivity (Wildman–Crippen MR) is 71.7 cm³/mol. The maximum atomic E-state index is 11.5. The number of esters is 1. The largest absolute Gasteiger partial charge is 0.493 e. The minimum atomic E-state index is -0.330. The number of benzene rings is 1. The Balaban J connectivity index is 2.09. The molecule has 1 aromatic rings. The summed E-state index contributed by atoms with van der Waals surface area (Å²) in [6.45, 7) is 1.27. The lowest BCUT2D eigenvalue weighted by Gasteiger charge is -2.12. The number of hydrogen-bond donors (Lipinski definition) is 0. The van der Waals surface area contributed by atoms with Crippen LogP contribution in [0, 0.1) is 0 Å². The predicted octanol–water partition coefficient (Wildman–Crippen LogP) is 2.77. The highest BCUT2D eigenvalue weighted by atomic mass is 16.5. The maximum absolute atomic E-state index is 11.5. The van der Waals surface area contributed by atoms with Crippen molar-refractivity contribution < 1.29 is 19.0 Å². The molecule has 0 bridgehead atoms. The van der Waals surface area contributed by atoms with Gasteiger partial charge in [-0.05, 0) is 36.5 Å². The summed E-state index contributed by atoms with van der Waals surface area (Å²) in [5, 5.41) is 0. The van der Waals surface area contributed by atoms with Gasteiger partial charge < -0.3 is 14.2 Å². The molecule has 0 aliphatic heterocycles. The molecule has 1 saturated carbocycles. The number of hydrogen-bond acceptors (Lipinski definition) is 4. The summed E-state index contributed by atoms with van der Waals surface area (Å²) in [6, 6.07) is 5.57. The van der Waals surface area contributed by atoms with E-state index in [1.807, 2.05) is 12.1 Å². The summed E-state index contributed by atoms with van der Waals surface area (Å²) in [5.41, 5.74) is 1.73. The summed E-state index contributed by atoms with van der Waals surface area (Å²) >= 11 is 0. The van der Waals surface area contributed by atoms with E-state index < -0.39 is 0 Å². The molecule has 1 aliphatic rings. The molecule has 0 amide bonds. The van der Waals surface area contributed by atoms with Gasteiger partial charge in [-0.1, -0.05) is 6.07 Å². The van der Waals surface area contributed by atoms with Crippen molar-refractivity contribution in [2.75, 3.05) is 27.4 Å². The summed E-state index contributed by atoms with van der Waals surface area (Å²) in [6.07, 6.45) is 3.24. The van der Waals surface area contributed by atoms with E-state index in [4.69, 9.17) is 14.2 Å². The molecule has 0 aromatic heterocycles. The first kappa shape index (κ1) is 13.9. The van der Waals surface area contributed by atoms with Gasteiger partial charge in [0.25, 0.3) is 0 Å². The van der Waals surface area contributed by atoms with Crippen LogP contribution in [0.1, 0.15) is 41.1 Å². The third kappa shape index (κ3) is 3.70. The lowest BCUT2D eigenvalue weighted by Crippen LogP contribution is -2.06. The molecule has 0 spiro atoms. The lowest BCUT2D eigenvalue weighted by atomic mass is 10.1. The number of carbonyl (C=O) groups excluding carboxylic acids is 1. The standard InChI is InChI=1S/C15H20O4/c1-17-8-3-9-19-14-10-12(15(16)18-2)6-7-13(14)11-4-5-11/h6-7,10-11H,3-5,8-9H2,1-2H3. The molecule has 0 saturated heterocycles. The average Bonchev–Trinajstić information content (AvgIpc) is 3.27. The number of ether oxygens (including phenoxy) is 3. The first-order chi connectivity index (χ1) is 9.26. The zero-order valence-electron chi connectivity index (χ0n) is 11.5. The molecule has 2 rings (SSSR count). The molecule has 4 nitrogen and oxygen atoms in total. The Morgan fingerprint density at radius 1 is 1.26 bits per heavy atom. The van der Waals surface area contributed by atoms with Crippen LogP contribution < -0.4 is 4.74 Å². The van der Waals surface area contributed by atoms with Crippen molar-refractivity contribution >= 4 is 5.97 Å². The van der Waals surface area contributed by atoms with Gasteiger partial charge in [-0.25, -0.2) is 4.79 Å². The van der Waals surface area contributed by atoms with Gasteiger partial charge in [-0.15, -0.1) is 0 Å². The van der Waals surface area contributed by atoms with Crippen LogP contribution in [0.2, 0.25) is 0 Å². The van der Waals surface area contributed by atoms with Gasteiger partial charge in [0.1, 0.15) is 5.75 Å². The van der Waals surface area contributed by atoms with E-state index in [1.54, 1.807) is 13.2 Å². The van der Waals surface area contributed by atoms with Gasteiger partial charge in [0.15, 0.2) is 0 Å². The van der Waals surface area contributed by atoms with Gasteiger partial charge in [0.05, 0.1) is 19.3 Å². The van der Waals surface area contributed by atoms with Crippen LogP contribution >= 0.6 is 0 Å². The van der Waals surface area contributed by atoms with Crippen LogP contribution in [-0.4, -0.2) is 33.4 Å². The first-order valence-electron chi connectivity index (χ1n) is 6.60. The summed E-state index contributed by atoms with van der Waals surface area (Å²) < 4.78 is 15.5. The Kier molecular flexibility index (Phi) is 4.80. The highest BCUT2D eigenvalue weighted by molar-refractivity contribution is 5.90. The number of methoxy groups -OCH3 is 2. The summed E-state index contributed by atoms with van der Waals surface area (Å²) in [7, 11) is 3.06. The molecule has 104 valence electrons. The topological polar surface area (TPSA) is 44.8 Å². The molecule has 1 aromatic carbocycles. The molecule has 4 heteroatoms. The van der Waals surface area contributed by atoms with Crippen LogP contribution in [0.25, 0.3) is 0 Å². The smallest absolute Gasteiger partial charge is 0.337 e. The molecule has 0 N–H and O–H groups in total. The van der Waals surface area contributed by atoms with E-state index in [-0.39, 0.29) is 5.97 Å². The Labute approximate surface area is 113 Å². The highest BCUT2D eigenvalue weighted by Gasteiger charge is 2.27. The minimum Gasteiger partial charge on any atom is -0.493 e. The average molecular weight is 264 g/mol. The fourth-order valence-electron chi connectivity index (χ4n) is 2.02. The molecule has 1 aliphatic carbocycles. The third-order valence-electron chi connectivity index (χ3n) is 3.20. The quantitative estimate of drug-likeness (QED) is 0.561. The van der Waals surface area contributed by atoms with Crippen molar-refractivity contribution in [2.45, 2.75) is 25.2 Å². The molecule has 0 radical (unpaired) electrons. The molecule has 19 heavy (non-hydrogen) atoms. The second kappa shape index (κ2) is 6.57. The van der Waals surface area contributed by atoms with Crippen molar-refractivity contribution in [2.24, 2.45) is 0 Å². The molecular weight excluding hydrogens is 244 g/mol. The molecular formula is C15H20O4. The van der Waals surface area contributed by atoms with Crippen molar-refractivity contribution in [1.82, 2.24) is 0 Å². The van der Waals surface area contributed by atoms with E-state index in [0.717, 1.165) is 12.2 Å². The van der Waals surface area contributed by atoms with Crippen molar-refractivity contribution in [1.29, 1.82) is 0 Å². The van der Waals surface area contributed by atoms with Gasteiger partial charge in [-0.2, -0.15) is 0 Å². The SMILES string of the molecule is COCCCOc1cc(C(=O)OC)ccc1C1CC1. The van der Waals surface area contributed by atoms with E-state index in [0.29, 0.717) is 24.7 Å². The van der Waals surface area contributed by atoms with Crippen molar-refractivity contribution in [3.63, 3.8) is 0 Å². The van der Waals surface area contributed by atoms with E-state index in [2.05, 4.69) is 0 Å².